The molecule has 0 nitrogen and oxygen atoms in total. The molecule has 17 heavy (non-hydrogen) atoms. The second kappa shape index (κ2) is 9.50. The molecule has 0 saturated carbocycles. The minimum Gasteiger partial charge on any atom is -0.0914 e. The summed E-state index contributed by atoms with van der Waals surface area (Å²) in [6.45, 7) is 13.6. The van der Waals surface area contributed by atoms with Crippen molar-refractivity contribution in [1.82, 2.24) is 0 Å². The summed E-state index contributed by atoms with van der Waals surface area (Å²) in [7, 11) is 0. The summed E-state index contributed by atoms with van der Waals surface area (Å²) in [6, 6.07) is 0. The third-order valence-electron chi connectivity index (χ3n) is 3.91. The molecule has 100 valence electrons. The van der Waals surface area contributed by atoms with Gasteiger partial charge in [0.25, 0.3) is 0 Å². The van der Waals surface area contributed by atoms with Crippen molar-refractivity contribution in [2.45, 2.75) is 67.2 Å². The molecule has 0 fully saturated rings. The summed E-state index contributed by atoms with van der Waals surface area (Å²) in [6.07, 6.45) is 12.2. The third-order valence-corrected chi connectivity index (χ3v) is 3.91. The Morgan fingerprint density at radius 1 is 1.12 bits per heavy atom. The Hall–Kier alpha value is -0.520. The highest BCUT2D eigenvalue weighted by Crippen LogP contribution is 2.25. The second-order valence-corrected chi connectivity index (χ2v) is 5.51. The Bertz CT molecular complexity index is 234. The number of rotatable bonds is 8. The predicted molar refractivity (Wildman–Crippen MR) is 80.2 cm³/mol. The smallest absolute Gasteiger partial charge is 0.0173 e. The maximum atomic E-state index is 2.46. The molecular weight excluding hydrogens is 204 g/mol. The quantitative estimate of drug-likeness (QED) is 0.454. The summed E-state index contributed by atoms with van der Waals surface area (Å²) in [5.41, 5.74) is 1.52. The van der Waals surface area contributed by atoms with Gasteiger partial charge in [-0.15, -0.1) is 0 Å². The Labute approximate surface area is 109 Å². The molecule has 0 aliphatic carbocycles. The van der Waals surface area contributed by atoms with Gasteiger partial charge in [-0.1, -0.05) is 64.3 Å². The topological polar surface area (TPSA) is 0 Å². The predicted octanol–water partition coefficient (Wildman–Crippen LogP) is 6.00. The molecule has 0 aromatic rings. The van der Waals surface area contributed by atoms with Crippen LogP contribution < -0.4 is 0 Å². The zero-order chi connectivity index (χ0) is 13.3. The van der Waals surface area contributed by atoms with Gasteiger partial charge >= 0.3 is 0 Å². The normalized spacial score (nSPS) is 18.4. The highest BCUT2D eigenvalue weighted by Gasteiger charge is 2.13. The van der Waals surface area contributed by atoms with Crippen molar-refractivity contribution in [3.63, 3.8) is 0 Å². The first-order chi connectivity index (χ1) is 8.04. The minimum absolute atomic E-state index is 0.676. The van der Waals surface area contributed by atoms with E-state index in [1.54, 1.807) is 0 Å². The van der Waals surface area contributed by atoms with E-state index in [1.165, 1.54) is 31.3 Å². The standard InChI is InChI=1S/C17H32/c1-7-10-17(12-11-14(4)8-2)16(6)13-15(5)9-3/h7,10,13-14,16-17H,8-9,11-12H2,1-6H3. The molecule has 0 heteroatoms. The molecule has 0 rings (SSSR count). The van der Waals surface area contributed by atoms with Gasteiger partial charge in [0.2, 0.25) is 0 Å². The fraction of sp³-hybridized carbons (Fsp3) is 0.765. The van der Waals surface area contributed by atoms with E-state index in [9.17, 15) is 0 Å². The van der Waals surface area contributed by atoms with Gasteiger partial charge in [-0.2, -0.15) is 0 Å². The maximum absolute atomic E-state index is 2.46. The molecule has 0 bridgehead atoms. The first kappa shape index (κ1) is 16.5. The van der Waals surface area contributed by atoms with Crippen LogP contribution in [-0.2, 0) is 0 Å². The summed E-state index contributed by atoms with van der Waals surface area (Å²) in [5.74, 6) is 2.26. The van der Waals surface area contributed by atoms with Gasteiger partial charge in [0, 0.05) is 0 Å². The fourth-order valence-corrected chi connectivity index (χ4v) is 2.15. The summed E-state index contributed by atoms with van der Waals surface area (Å²) in [4.78, 5) is 0. The molecular formula is C17H32. The van der Waals surface area contributed by atoms with E-state index in [0.717, 1.165) is 11.8 Å². The average molecular weight is 236 g/mol. The Kier molecular flexibility index (Phi) is 9.21. The summed E-state index contributed by atoms with van der Waals surface area (Å²) < 4.78 is 0. The van der Waals surface area contributed by atoms with E-state index in [1.807, 2.05) is 0 Å². The lowest BCUT2D eigenvalue weighted by molar-refractivity contribution is 0.399. The van der Waals surface area contributed by atoms with E-state index >= 15 is 0 Å². The fourth-order valence-electron chi connectivity index (χ4n) is 2.15. The van der Waals surface area contributed by atoms with Gasteiger partial charge in [-0.3, -0.25) is 0 Å². The number of hydrogen-bond acceptors (Lipinski definition) is 0. The Balaban J connectivity index is 4.41. The molecule has 0 heterocycles. The Morgan fingerprint density at radius 3 is 2.24 bits per heavy atom. The van der Waals surface area contributed by atoms with Gasteiger partial charge in [0.15, 0.2) is 0 Å². The SMILES string of the molecule is CC=CC(CCC(C)CC)C(C)C=C(C)CC. The van der Waals surface area contributed by atoms with Crippen LogP contribution in [0.3, 0.4) is 0 Å². The molecule has 0 N–H and O–H groups in total. The van der Waals surface area contributed by atoms with E-state index in [0.29, 0.717) is 5.92 Å². The molecule has 0 aliphatic heterocycles. The number of allylic oxidation sites excluding steroid dienone is 4. The Morgan fingerprint density at radius 2 is 1.76 bits per heavy atom. The molecule has 3 atom stereocenters. The van der Waals surface area contributed by atoms with Crippen molar-refractivity contribution in [2.75, 3.05) is 0 Å². The van der Waals surface area contributed by atoms with Gasteiger partial charge in [0.1, 0.15) is 0 Å². The monoisotopic (exact) mass is 236 g/mol. The third kappa shape index (κ3) is 7.41. The van der Waals surface area contributed by atoms with E-state index in [2.05, 4.69) is 59.8 Å². The van der Waals surface area contributed by atoms with Gasteiger partial charge in [0.05, 0.1) is 0 Å². The second-order valence-electron chi connectivity index (χ2n) is 5.51. The van der Waals surface area contributed by atoms with Crippen molar-refractivity contribution in [3.05, 3.63) is 23.8 Å². The van der Waals surface area contributed by atoms with Crippen LogP contribution in [0.2, 0.25) is 0 Å². The lowest BCUT2D eigenvalue weighted by Gasteiger charge is -2.20. The molecule has 0 spiro atoms. The minimum atomic E-state index is 0.676. The highest BCUT2D eigenvalue weighted by atomic mass is 14.2. The van der Waals surface area contributed by atoms with Crippen LogP contribution in [0.1, 0.15) is 67.2 Å². The average Bonchev–Trinajstić information content (AvgIpc) is 2.33. The van der Waals surface area contributed by atoms with E-state index in [4.69, 9.17) is 0 Å². The van der Waals surface area contributed by atoms with E-state index in [-0.39, 0.29) is 0 Å². The molecule has 3 unspecified atom stereocenters. The lowest BCUT2D eigenvalue weighted by atomic mass is 9.85. The summed E-state index contributed by atoms with van der Waals surface area (Å²) >= 11 is 0. The molecule has 0 radical (unpaired) electrons. The van der Waals surface area contributed by atoms with Crippen molar-refractivity contribution in [2.24, 2.45) is 17.8 Å². The van der Waals surface area contributed by atoms with Crippen molar-refractivity contribution in [3.8, 4) is 0 Å². The first-order valence-corrected chi connectivity index (χ1v) is 7.35. The van der Waals surface area contributed by atoms with Crippen molar-refractivity contribution < 1.29 is 0 Å². The zero-order valence-corrected chi connectivity index (χ0v) is 12.8. The van der Waals surface area contributed by atoms with Crippen LogP contribution in [0.5, 0.6) is 0 Å². The van der Waals surface area contributed by atoms with Gasteiger partial charge < -0.3 is 0 Å². The van der Waals surface area contributed by atoms with Gasteiger partial charge in [-0.05, 0) is 44.4 Å². The summed E-state index contributed by atoms with van der Waals surface area (Å²) in [5, 5.41) is 0. The maximum Gasteiger partial charge on any atom is -0.0173 e. The number of hydrogen-bond donors (Lipinski definition) is 0. The molecule has 0 aromatic heterocycles. The zero-order valence-electron chi connectivity index (χ0n) is 12.8. The highest BCUT2D eigenvalue weighted by molar-refractivity contribution is 5.04. The van der Waals surface area contributed by atoms with Crippen LogP contribution >= 0.6 is 0 Å². The van der Waals surface area contributed by atoms with Crippen LogP contribution in [0.15, 0.2) is 23.8 Å². The molecule has 0 aliphatic rings. The van der Waals surface area contributed by atoms with Crippen LogP contribution in [0.4, 0.5) is 0 Å². The molecule has 0 amide bonds. The molecule has 0 aromatic carbocycles. The van der Waals surface area contributed by atoms with E-state index < -0.39 is 0 Å². The van der Waals surface area contributed by atoms with Crippen LogP contribution in [0, 0.1) is 17.8 Å². The van der Waals surface area contributed by atoms with Gasteiger partial charge in [-0.25, -0.2) is 0 Å². The van der Waals surface area contributed by atoms with Crippen LogP contribution in [0.25, 0.3) is 0 Å². The van der Waals surface area contributed by atoms with Crippen LogP contribution in [-0.4, -0.2) is 0 Å². The first-order valence-electron chi connectivity index (χ1n) is 7.35. The van der Waals surface area contributed by atoms with Crippen molar-refractivity contribution in [1.29, 1.82) is 0 Å². The molecule has 0 saturated heterocycles. The lowest BCUT2D eigenvalue weighted by Crippen LogP contribution is -2.09. The van der Waals surface area contributed by atoms with Crippen molar-refractivity contribution >= 4 is 0 Å². The largest absolute Gasteiger partial charge is 0.0914 e.